The summed E-state index contributed by atoms with van der Waals surface area (Å²) in [5.41, 5.74) is 6.40. The van der Waals surface area contributed by atoms with Crippen LogP contribution in [0.5, 0.6) is 5.75 Å². The van der Waals surface area contributed by atoms with Gasteiger partial charge in [-0.2, -0.15) is 0 Å². The monoisotopic (exact) mass is 250 g/mol. The van der Waals surface area contributed by atoms with Gasteiger partial charge in [-0.3, -0.25) is 4.79 Å². The molecule has 0 aliphatic rings. The number of para-hydroxylation sites is 2. The van der Waals surface area contributed by atoms with Crippen LogP contribution in [0.25, 0.3) is 0 Å². The van der Waals surface area contributed by atoms with Gasteiger partial charge in [0.25, 0.3) is 0 Å². The van der Waals surface area contributed by atoms with E-state index in [9.17, 15) is 4.79 Å². The highest BCUT2D eigenvalue weighted by Crippen LogP contribution is 2.22. The zero-order chi connectivity index (χ0) is 13.5. The summed E-state index contributed by atoms with van der Waals surface area (Å²) in [6.45, 7) is 0.0149. The summed E-state index contributed by atoms with van der Waals surface area (Å²) >= 11 is 0. The number of amides is 1. The first-order valence-corrected chi connectivity index (χ1v) is 5.44. The highest BCUT2D eigenvalue weighted by molar-refractivity contribution is 5.95. The fourth-order valence-electron chi connectivity index (χ4n) is 1.22. The number of carbonyl (C=O) groups is 1. The largest absolute Gasteiger partial charge is 0.495 e. The molecule has 0 fully saturated rings. The molecular formula is C12H18N4O2. The summed E-state index contributed by atoms with van der Waals surface area (Å²) in [6.07, 6.45) is 0. The lowest BCUT2D eigenvalue weighted by Crippen LogP contribution is -2.28. The van der Waals surface area contributed by atoms with Crippen molar-refractivity contribution in [2.45, 2.75) is 0 Å². The number of nitrogens with two attached hydrogens (primary N) is 1. The summed E-state index contributed by atoms with van der Waals surface area (Å²) in [5, 5.41) is 2.89. The molecule has 0 radical (unpaired) electrons. The van der Waals surface area contributed by atoms with Crippen LogP contribution >= 0.6 is 0 Å². The van der Waals surface area contributed by atoms with Gasteiger partial charge in [-0.1, -0.05) is 12.1 Å². The Morgan fingerprint density at radius 2 is 2.11 bits per heavy atom. The number of likely N-dealkylation sites (N-methyl/N-ethyl adjacent to an activating group) is 1. The SMILES string of the molecule is COc1ccccc1NC(N)=NCC(=O)N(C)C. The Hall–Kier alpha value is -2.24. The zero-order valence-corrected chi connectivity index (χ0v) is 10.8. The van der Waals surface area contributed by atoms with Crippen molar-refractivity contribution in [1.29, 1.82) is 0 Å². The van der Waals surface area contributed by atoms with Crippen LogP contribution in [0.4, 0.5) is 5.69 Å². The minimum Gasteiger partial charge on any atom is -0.495 e. The molecule has 0 spiro atoms. The fourth-order valence-corrected chi connectivity index (χ4v) is 1.22. The first-order chi connectivity index (χ1) is 8.54. The van der Waals surface area contributed by atoms with Crippen molar-refractivity contribution in [3.63, 3.8) is 0 Å². The van der Waals surface area contributed by atoms with E-state index in [2.05, 4.69) is 10.3 Å². The third kappa shape index (κ3) is 3.97. The van der Waals surface area contributed by atoms with Crippen molar-refractivity contribution >= 4 is 17.6 Å². The maximum Gasteiger partial charge on any atom is 0.243 e. The molecule has 1 aromatic rings. The van der Waals surface area contributed by atoms with Gasteiger partial charge < -0.3 is 20.7 Å². The van der Waals surface area contributed by atoms with Crippen LogP contribution in [-0.2, 0) is 4.79 Å². The zero-order valence-electron chi connectivity index (χ0n) is 10.8. The first kappa shape index (κ1) is 13.8. The quantitative estimate of drug-likeness (QED) is 0.602. The van der Waals surface area contributed by atoms with Crippen LogP contribution < -0.4 is 15.8 Å². The predicted octanol–water partition coefficient (Wildman–Crippen LogP) is 0.510. The molecule has 1 aromatic carbocycles. The summed E-state index contributed by atoms with van der Waals surface area (Å²) in [4.78, 5) is 16.7. The van der Waals surface area contributed by atoms with Crippen molar-refractivity contribution in [2.75, 3.05) is 33.1 Å². The molecule has 1 rings (SSSR count). The third-order valence-corrected chi connectivity index (χ3v) is 2.25. The molecule has 0 bridgehead atoms. The number of nitrogens with one attached hydrogen (secondary N) is 1. The Kier molecular flexibility index (Phi) is 4.98. The van der Waals surface area contributed by atoms with Crippen molar-refractivity contribution in [2.24, 2.45) is 10.7 Å². The maximum atomic E-state index is 11.3. The van der Waals surface area contributed by atoms with Gasteiger partial charge in [-0.05, 0) is 12.1 Å². The predicted molar refractivity (Wildman–Crippen MR) is 71.8 cm³/mol. The average Bonchev–Trinajstić information content (AvgIpc) is 2.36. The second-order valence-corrected chi connectivity index (χ2v) is 3.81. The number of guanidine groups is 1. The minimum atomic E-state index is -0.111. The lowest BCUT2D eigenvalue weighted by atomic mass is 10.3. The van der Waals surface area contributed by atoms with Gasteiger partial charge in [0, 0.05) is 14.1 Å². The van der Waals surface area contributed by atoms with Crippen molar-refractivity contribution in [3.05, 3.63) is 24.3 Å². The second kappa shape index (κ2) is 6.48. The molecule has 18 heavy (non-hydrogen) atoms. The Morgan fingerprint density at radius 1 is 1.44 bits per heavy atom. The summed E-state index contributed by atoms with van der Waals surface area (Å²) in [7, 11) is 4.91. The molecular weight excluding hydrogens is 232 g/mol. The average molecular weight is 250 g/mol. The molecule has 1 amide bonds. The molecule has 6 heteroatoms. The number of hydrogen-bond acceptors (Lipinski definition) is 3. The third-order valence-electron chi connectivity index (χ3n) is 2.25. The fraction of sp³-hybridized carbons (Fsp3) is 0.333. The number of hydrogen-bond donors (Lipinski definition) is 2. The number of methoxy groups -OCH3 is 1. The molecule has 0 aliphatic heterocycles. The van der Waals surface area contributed by atoms with E-state index < -0.39 is 0 Å². The minimum absolute atomic E-state index is 0.0149. The van der Waals surface area contributed by atoms with Crippen LogP contribution in [0.15, 0.2) is 29.3 Å². The van der Waals surface area contributed by atoms with E-state index in [1.165, 1.54) is 4.90 Å². The smallest absolute Gasteiger partial charge is 0.243 e. The molecule has 0 heterocycles. The van der Waals surface area contributed by atoms with Crippen molar-refractivity contribution in [1.82, 2.24) is 4.90 Å². The van der Waals surface area contributed by atoms with Gasteiger partial charge in [0.15, 0.2) is 5.96 Å². The van der Waals surface area contributed by atoms with Crippen molar-refractivity contribution < 1.29 is 9.53 Å². The molecule has 0 unspecified atom stereocenters. The molecule has 0 saturated heterocycles. The molecule has 0 atom stereocenters. The number of benzene rings is 1. The van der Waals surface area contributed by atoms with Crippen LogP contribution in [0.2, 0.25) is 0 Å². The standard InChI is InChI=1S/C12H18N4O2/c1-16(2)11(17)8-14-12(13)15-9-6-4-5-7-10(9)18-3/h4-7H,8H2,1-3H3,(H3,13,14,15). The van der Waals surface area contributed by atoms with Gasteiger partial charge in [0.2, 0.25) is 5.91 Å². The van der Waals surface area contributed by atoms with E-state index in [0.29, 0.717) is 11.4 Å². The lowest BCUT2D eigenvalue weighted by molar-refractivity contribution is -0.127. The van der Waals surface area contributed by atoms with Crippen LogP contribution in [-0.4, -0.2) is 44.5 Å². The van der Waals surface area contributed by atoms with Crippen LogP contribution in [0.3, 0.4) is 0 Å². The summed E-state index contributed by atoms with van der Waals surface area (Å²) in [6, 6.07) is 7.32. The van der Waals surface area contributed by atoms with Gasteiger partial charge in [0.05, 0.1) is 12.8 Å². The Labute approximate surface area is 106 Å². The number of aliphatic imine (C=N–C) groups is 1. The Morgan fingerprint density at radius 3 is 2.72 bits per heavy atom. The molecule has 98 valence electrons. The number of nitrogens with zero attached hydrogens (tertiary/aromatic N) is 2. The van der Waals surface area contributed by atoms with Gasteiger partial charge in [-0.15, -0.1) is 0 Å². The van der Waals surface area contributed by atoms with Gasteiger partial charge in [-0.25, -0.2) is 4.99 Å². The topological polar surface area (TPSA) is 80.0 Å². The highest BCUT2D eigenvalue weighted by Gasteiger charge is 2.04. The summed E-state index contributed by atoms with van der Waals surface area (Å²) in [5.74, 6) is 0.726. The van der Waals surface area contributed by atoms with Crippen LogP contribution in [0.1, 0.15) is 0 Å². The summed E-state index contributed by atoms with van der Waals surface area (Å²) < 4.78 is 5.16. The maximum absolute atomic E-state index is 11.3. The molecule has 6 nitrogen and oxygen atoms in total. The highest BCUT2D eigenvalue weighted by atomic mass is 16.5. The molecule has 0 saturated carbocycles. The number of anilines is 1. The molecule has 0 aromatic heterocycles. The van der Waals surface area contributed by atoms with Crippen LogP contribution in [0, 0.1) is 0 Å². The van der Waals surface area contributed by atoms with Gasteiger partial charge >= 0.3 is 0 Å². The number of carbonyl (C=O) groups excluding carboxylic acids is 1. The van der Waals surface area contributed by atoms with Gasteiger partial charge in [0.1, 0.15) is 12.3 Å². The Balaban J connectivity index is 2.66. The van der Waals surface area contributed by atoms with E-state index in [1.807, 2.05) is 18.2 Å². The lowest BCUT2D eigenvalue weighted by Gasteiger charge is -2.11. The van der Waals surface area contributed by atoms with E-state index in [0.717, 1.165) is 0 Å². The number of ether oxygens (including phenoxy) is 1. The van der Waals surface area contributed by atoms with E-state index in [-0.39, 0.29) is 18.4 Å². The van der Waals surface area contributed by atoms with E-state index >= 15 is 0 Å². The molecule has 0 aliphatic carbocycles. The molecule has 3 N–H and O–H groups in total. The second-order valence-electron chi connectivity index (χ2n) is 3.81. The van der Waals surface area contributed by atoms with Crippen molar-refractivity contribution in [3.8, 4) is 5.75 Å². The Bertz CT molecular complexity index is 443. The number of rotatable bonds is 4. The van der Waals surface area contributed by atoms with E-state index in [4.69, 9.17) is 10.5 Å². The van der Waals surface area contributed by atoms with E-state index in [1.54, 1.807) is 27.3 Å². The first-order valence-electron chi connectivity index (χ1n) is 5.44. The normalized spacial score (nSPS) is 10.9.